The molecular weight excluding hydrogens is 448 g/mol. The fourth-order valence-corrected chi connectivity index (χ4v) is 5.50. The number of carbonyl (C=O) groups excluding carboxylic acids is 1. The van der Waals surface area contributed by atoms with Crippen molar-refractivity contribution in [3.8, 4) is 17.2 Å². The molecule has 1 aromatic heterocycles. The largest absolute Gasteiger partial charge is 0.392 e. The van der Waals surface area contributed by atoms with Crippen molar-refractivity contribution in [2.45, 2.75) is 46.3 Å². The lowest BCUT2D eigenvalue weighted by atomic mass is 10.00. The normalized spacial score (nSPS) is 16.3. The lowest BCUT2D eigenvalue weighted by Gasteiger charge is -2.36. The molecule has 2 atom stereocenters. The molecule has 1 aliphatic heterocycles. The number of piperazine rings is 1. The first kappa shape index (κ1) is 25.9. The van der Waals surface area contributed by atoms with Crippen LogP contribution in [0.4, 0.5) is 10.7 Å². The van der Waals surface area contributed by atoms with Crippen LogP contribution in [0.25, 0.3) is 11.1 Å². The van der Waals surface area contributed by atoms with E-state index in [2.05, 4.69) is 44.5 Å². The van der Waals surface area contributed by atoms with Crippen LogP contribution in [-0.2, 0) is 4.79 Å². The van der Waals surface area contributed by atoms with Gasteiger partial charge < -0.3 is 20.6 Å². The Bertz CT molecular complexity index is 990. The van der Waals surface area contributed by atoms with Crippen LogP contribution in [0.2, 0.25) is 0 Å². The van der Waals surface area contributed by atoms with Crippen molar-refractivity contribution in [3.05, 3.63) is 30.0 Å². The number of nitrogens with zero attached hydrogens (tertiary/aromatic N) is 5. The number of primary amides is 1. The highest BCUT2D eigenvalue weighted by Gasteiger charge is 2.29. The second kappa shape index (κ2) is 11.6. The van der Waals surface area contributed by atoms with Crippen LogP contribution in [0, 0.1) is 24.2 Å². The Hall–Kier alpha value is -2.67. The SMILES string of the molecule is Cc1nsc(N(CC#N)[C@@H](CC(C)C)C(N)=O)c1-c1ccc(N2CCN(CC(C)O)CC2)cc1. The Balaban J connectivity index is 1.84. The van der Waals surface area contributed by atoms with E-state index in [1.807, 2.05) is 32.6 Å². The number of nitriles is 1. The van der Waals surface area contributed by atoms with Crippen molar-refractivity contribution < 1.29 is 9.90 Å². The van der Waals surface area contributed by atoms with Gasteiger partial charge in [0.05, 0.1) is 17.9 Å². The molecule has 2 aromatic rings. The van der Waals surface area contributed by atoms with Gasteiger partial charge in [0.25, 0.3) is 0 Å². The van der Waals surface area contributed by atoms with E-state index in [0.29, 0.717) is 13.0 Å². The fraction of sp³-hybridized carbons (Fsp3) is 0.560. The van der Waals surface area contributed by atoms with Gasteiger partial charge in [-0.15, -0.1) is 0 Å². The Kier molecular flexibility index (Phi) is 8.89. The number of aliphatic hydroxyl groups excluding tert-OH is 1. The summed E-state index contributed by atoms with van der Waals surface area (Å²) in [5.74, 6) is -0.164. The Labute approximate surface area is 206 Å². The van der Waals surface area contributed by atoms with Crippen LogP contribution in [0.3, 0.4) is 0 Å². The number of amides is 1. The molecule has 1 saturated heterocycles. The number of aryl methyl sites for hydroxylation is 1. The summed E-state index contributed by atoms with van der Waals surface area (Å²) in [5, 5.41) is 19.9. The Morgan fingerprint density at radius 1 is 1.24 bits per heavy atom. The zero-order chi connectivity index (χ0) is 24.8. The first-order valence-electron chi connectivity index (χ1n) is 11.9. The molecule has 1 aliphatic rings. The van der Waals surface area contributed by atoms with E-state index in [1.165, 1.54) is 11.5 Å². The van der Waals surface area contributed by atoms with E-state index in [0.717, 1.165) is 53.7 Å². The van der Waals surface area contributed by atoms with Crippen LogP contribution in [0.15, 0.2) is 24.3 Å². The van der Waals surface area contributed by atoms with Gasteiger partial charge in [-0.25, -0.2) is 0 Å². The third-order valence-electron chi connectivity index (χ3n) is 6.16. The third-order valence-corrected chi connectivity index (χ3v) is 7.14. The van der Waals surface area contributed by atoms with E-state index < -0.39 is 11.9 Å². The summed E-state index contributed by atoms with van der Waals surface area (Å²) < 4.78 is 4.56. The number of aromatic nitrogens is 1. The summed E-state index contributed by atoms with van der Waals surface area (Å²) in [6.07, 6.45) is 0.269. The van der Waals surface area contributed by atoms with Crippen LogP contribution in [0.5, 0.6) is 0 Å². The van der Waals surface area contributed by atoms with E-state index in [9.17, 15) is 15.2 Å². The molecule has 0 saturated carbocycles. The molecular formula is C25H36N6O2S. The van der Waals surface area contributed by atoms with E-state index >= 15 is 0 Å². The van der Waals surface area contributed by atoms with Gasteiger partial charge >= 0.3 is 0 Å². The molecule has 2 heterocycles. The molecule has 8 nitrogen and oxygen atoms in total. The second-order valence-corrected chi connectivity index (χ2v) is 10.2. The highest BCUT2D eigenvalue weighted by atomic mass is 32.1. The molecule has 1 unspecified atom stereocenters. The molecule has 9 heteroatoms. The molecule has 0 radical (unpaired) electrons. The summed E-state index contributed by atoms with van der Waals surface area (Å²) in [4.78, 5) is 18.8. The summed E-state index contributed by atoms with van der Waals surface area (Å²) in [6.45, 7) is 12.3. The van der Waals surface area contributed by atoms with Gasteiger partial charge in [-0.3, -0.25) is 9.69 Å². The monoisotopic (exact) mass is 484 g/mol. The lowest BCUT2D eigenvalue weighted by molar-refractivity contribution is -0.119. The minimum atomic E-state index is -0.560. The predicted molar refractivity (Wildman–Crippen MR) is 138 cm³/mol. The standard InChI is InChI=1S/C25H36N6O2S/c1-17(2)15-22(24(27)33)31(10-9-26)25-23(19(4)28-34-25)20-5-7-21(8-6-20)30-13-11-29(12-14-30)16-18(3)32/h5-8,17-18,22,32H,10-16H2,1-4H3,(H2,27,33)/t18?,22-/m0/s1. The number of aliphatic hydroxyl groups is 1. The van der Waals surface area contributed by atoms with Gasteiger partial charge in [0, 0.05) is 44.0 Å². The number of hydrogen-bond donors (Lipinski definition) is 2. The molecule has 34 heavy (non-hydrogen) atoms. The summed E-state index contributed by atoms with van der Waals surface area (Å²) in [6, 6.07) is 10.1. The van der Waals surface area contributed by atoms with Crippen molar-refractivity contribution in [2.24, 2.45) is 11.7 Å². The number of hydrogen-bond acceptors (Lipinski definition) is 8. The van der Waals surface area contributed by atoms with Gasteiger partial charge in [-0.1, -0.05) is 26.0 Å². The number of rotatable bonds is 10. The smallest absolute Gasteiger partial charge is 0.240 e. The van der Waals surface area contributed by atoms with Crippen molar-refractivity contribution in [1.29, 1.82) is 5.26 Å². The average Bonchev–Trinajstić information content (AvgIpc) is 3.17. The highest BCUT2D eigenvalue weighted by Crippen LogP contribution is 2.39. The van der Waals surface area contributed by atoms with Crippen molar-refractivity contribution in [2.75, 3.05) is 49.1 Å². The fourth-order valence-electron chi connectivity index (χ4n) is 4.53. The van der Waals surface area contributed by atoms with Gasteiger partial charge in [0.1, 0.15) is 17.6 Å². The first-order chi connectivity index (χ1) is 16.2. The molecule has 0 aliphatic carbocycles. The zero-order valence-electron chi connectivity index (χ0n) is 20.6. The van der Waals surface area contributed by atoms with E-state index in [4.69, 9.17) is 5.73 Å². The van der Waals surface area contributed by atoms with Gasteiger partial charge in [-0.2, -0.15) is 9.64 Å². The molecule has 184 valence electrons. The lowest BCUT2D eigenvalue weighted by Crippen LogP contribution is -2.48. The topological polar surface area (TPSA) is 110 Å². The number of β-amino-alcohol motifs (C(OH)–C–C–N with tert-alkyl or cyclic N) is 1. The summed E-state index contributed by atoms with van der Waals surface area (Å²) in [5.41, 5.74) is 9.74. The van der Waals surface area contributed by atoms with Gasteiger partial charge in [0.2, 0.25) is 5.91 Å². The van der Waals surface area contributed by atoms with Crippen LogP contribution in [-0.4, -0.2) is 71.7 Å². The predicted octanol–water partition coefficient (Wildman–Crippen LogP) is 2.85. The first-order valence-corrected chi connectivity index (χ1v) is 12.6. The van der Waals surface area contributed by atoms with E-state index in [1.54, 1.807) is 0 Å². The van der Waals surface area contributed by atoms with Crippen LogP contribution in [0.1, 0.15) is 32.9 Å². The maximum Gasteiger partial charge on any atom is 0.240 e. The van der Waals surface area contributed by atoms with E-state index in [-0.39, 0.29) is 18.6 Å². The van der Waals surface area contributed by atoms with Gasteiger partial charge in [-0.05, 0) is 55.4 Å². The minimum Gasteiger partial charge on any atom is -0.392 e. The number of nitrogens with two attached hydrogens (primary N) is 1. The third kappa shape index (κ3) is 6.26. The molecule has 0 bridgehead atoms. The maximum atomic E-state index is 12.3. The second-order valence-electron chi connectivity index (χ2n) is 9.47. The van der Waals surface area contributed by atoms with Crippen molar-refractivity contribution >= 4 is 28.1 Å². The Morgan fingerprint density at radius 2 is 1.88 bits per heavy atom. The highest BCUT2D eigenvalue weighted by molar-refractivity contribution is 7.11. The van der Waals surface area contributed by atoms with Crippen LogP contribution >= 0.6 is 11.5 Å². The molecule has 1 fully saturated rings. The number of benzene rings is 1. The van der Waals surface area contributed by atoms with Crippen molar-refractivity contribution in [1.82, 2.24) is 9.27 Å². The molecule has 0 spiro atoms. The minimum absolute atomic E-state index is 0.0732. The molecule has 3 N–H and O–H groups in total. The summed E-state index contributed by atoms with van der Waals surface area (Å²) in [7, 11) is 0. The molecule has 1 amide bonds. The van der Waals surface area contributed by atoms with Gasteiger partial charge in [0.15, 0.2) is 0 Å². The maximum absolute atomic E-state index is 12.3. The van der Waals surface area contributed by atoms with Crippen LogP contribution < -0.4 is 15.5 Å². The number of carbonyl (C=O) groups is 1. The molecule has 1 aromatic carbocycles. The van der Waals surface area contributed by atoms with Crippen molar-refractivity contribution in [3.63, 3.8) is 0 Å². The quantitative estimate of drug-likeness (QED) is 0.499. The number of anilines is 2. The zero-order valence-corrected chi connectivity index (χ0v) is 21.4. The summed E-state index contributed by atoms with van der Waals surface area (Å²) >= 11 is 1.31. The molecule has 3 rings (SSSR count). The average molecular weight is 485 g/mol. The Morgan fingerprint density at radius 3 is 2.41 bits per heavy atom.